The van der Waals surface area contributed by atoms with Crippen LogP contribution in [0.4, 0.5) is 0 Å². The minimum absolute atomic E-state index is 0.0604. The van der Waals surface area contributed by atoms with Crippen LogP contribution in [0, 0.1) is 0 Å². The van der Waals surface area contributed by atoms with E-state index in [1.807, 2.05) is 0 Å². The molecular formula is C16H17NO6. The number of furan rings is 1. The van der Waals surface area contributed by atoms with Crippen LogP contribution in [0.15, 0.2) is 34.7 Å². The van der Waals surface area contributed by atoms with Crippen molar-refractivity contribution in [1.29, 1.82) is 0 Å². The normalized spacial score (nSPS) is 11.6. The molecule has 7 nitrogen and oxygen atoms in total. The molecule has 23 heavy (non-hydrogen) atoms. The number of rotatable bonds is 6. The van der Waals surface area contributed by atoms with Crippen LogP contribution in [0.1, 0.15) is 39.6 Å². The number of nitrogens with one attached hydrogen (secondary N) is 1. The van der Waals surface area contributed by atoms with Crippen molar-refractivity contribution in [3.05, 3.63) is 47.4 Å². The van der Waals surface area contributed by atoms with Gasteiger partial charge >= 0.3 is 5.97 Å². The van der Waals surface area contributed by atoms with E-state index in [1.165, 1.54) is 19.2 Å². The first-order chi connectivity index (χ1) is 11.0. The second-order valence-corrected chi connectivity index (χ2v) is 4.78. The van der Waals surface area contributed by atoms with Crippen LogP contribution in [0.2, 0.25) is 0 Å². The zero-order valence-electron chi connectivity index (χ0n) is 13.0. The Bertz CT molecular complexity index is 721. The van der Waals surface area contributed by atoms with Gasteiger partial charge in [0.1, 0.15) is 0 Å². The molecule has 0 aliphatic rings. The number of amides is 1. The molecule has 0 aliphatic carbocycles. The Morgan fingerprint density at radius 3 is 2.30 bits per heavy atom. The molecule has 0 fully saturated rings. The van der Waals surface area contributed by atoms with Gasteiger partial charge in [0, 0.05) is 0 Å². The van der Waals surface area contributed by atoms with Gasteiger partial charge in [-0.15, -0.1) is 0 Å². The molecule has 2 aromatic rings. The molecule has 0 aliphatic heterocycles. The molecule has 2 N–H and O–H groups in total. The minimum Gasteiger partial charge on any atom is -0.493 e. The highest BCUT2D eigenvalue weighted by Crippen LogP contribution is 2.30. The number of carboxylic acids is 1. The summed E-state index contributed by atoms with van der Waals surface area (Å²) >= 11 is 0. The summed E-state index contributed by atoms with van der Waals surface area (Å²) in [4.78, 5) is 22.8. The summed E-state index contributed by atoms with van der Waals surface area (Å²) in [5.74, 6) is -0.926. The maximum Gasteiger partial charge on any atom is 0.371 e. The zero-order valence-corrected chi connectivity index (χ0v) is 13.0. The number of aromatic carboxylic acids is 1. The average Bonchev–Trinajstić information content (AvgIpc) is 3.04. The Hall–Kier alpha value is -2.96. The number of benzene rings is 1. The molecule has 7 heteroatoms. The summed E-state index contributed by atoms with van der Waals surface area (Å²) in [6, 6.07) is 7.52. The Morgan fingerprint density at radius 1 is 1.09 bits per heavy atom. The lowest BCUT2D eigenvalue weighted by Gasteiger charge is -2.16. The van der Waals surface area contributed by atoms with Gasteiger partial charge in [-0.2, -0.15) is 0 Å². The first kappa shape index (κ1) is 16.4. The fraction of sp³-hybridized carbons (Fsp3) is 0.250. The topological polar surface area (TPSA) is 98.0 Å². The van der Waals surface area contributed by atoms with Crippen LogP contribution < -0.4 is 14.8 Å². The maximum atomic E-state index is 12.1. The van der Waals surface area contributed by atoms with Crippen LogP contribution >= 0.6 is 0 Å². The number of hydrogen-bond donors (Lipinski definition) is 2. The fourth-order valence-corrected chi connectivity index (χ4v) is 2.05. The highest BCUT2D eigenvalue weighted by molar-refractivity contribution is 5.93. The summed E-state index contributed by atoms with van der Waals surface area (Å²) < 4.78 is 15.4. The van der Waals surface area contributed by atoms with E-state index < -0.39 is 11.9 Å². The van der Waals surface area contributed by atoms with Crippen molar-refractivity contribution in [3.63, 3.8) is 0 Å². The van der Waals surface area contributed by atoms with Crippen molar-refractivity contribution in [2.75, 3.05) is 14.2 Å². The molecule has 1 amide bonds. The number of hydrogen-bond acceptors (Lipinski definition) is 5. The van der Waals surface area contributed by atoms with Gasteiger partial charge in [-0.25, -0.2) is 4.79 Å². The number of carboxylic acid groups (broad SMARTS) is 1. The van der Waals surface area contributed by atoms with Gasteiger partial charge < -0.3 is 24.3 Å². The van der Waals surface area contributed by atoms with E-state index in [9.17, 15) is 9.59 Å². The first-order valence-electron chi connectivity index (χ1n) is 6.82. The molecule has 0 saturated carbocycles. The van der Waals surface area contributed by atoms with E-state index in [0.717, 1.165) is 5.56 Å². The second-order valence-electron chi connectivity index (χ2n) is 4.78. The van der Waals surface area contributed by atoms with Crippen LogP contribution in [0.25, 0.3) is 0 Å². The van der Waals surface area contributed by atoms with Crippen LogP contribution in [0.5, 0.6) is 11.5 Å². The average molecular weight is 319 g/mol. The monoisotopic (exact) mass is 319 g/mol. The third-order valence-electron chi connectivity index (χ3n) is 3.30. The Morgan fingerprint density at radius 2 is 1.74 bits per heavy atom. The highest BCUT2D eigenvalue weighted by atomic mass is 16.5. The Balaban J connectivity index is 2.12. The molecule has 0 bridgehead atoms. The lowest BCUT2D eigenvalue weighted by molar-refractivity contribution is 0.0659. The lowest BCUT2D eigenvalue weighted by atomic mass is 10.1. The quantitative estimate of drug-likeness (QED) is 0.849. The van der Waals surface area contributed by atoms with Crippen molar-refractivity contribution >= 4 is 11.9 Å². The summed E-state index contributed by atoms with van der Waals surface area (Å²) in [6.45, 7) is 1.79. The molecule has 1 atom stereocenters. The van der Waals surface area contributed by atoms with Gasteiger partial charge in [0.05, 0.1) is 20.3 Å². The minimum atomic E-state index is -1.23. The SMILES string of the molecule is COc1ccc(C(C)NC(=O)c2ccc(C(=O)O)o2)cc1OC. The van der Waals surface area contributed by atoms with Crippen LogP contribution in [-0.4, -0.2) is 31.2 Å². The summed E-state index contributed by atoms with van der Waals surface area (Å²) in [7, 11) is 3.07. The summed E-state index contributed by atoms with van der Waals surface area (Å²) in [5, 5.41) is 11.5. The molecule has 1 unspecified atom stereocenters. The van der Waals surface area contributed by atoms with E-state index in [-0.39, 0.29) is 17.6 Å². The second kappa shape index (κ2) is 6.87. The summed E-state index contributed by atoms with van der Waals surface area (Å²) in [5.41, 5.74) is 0.806. The third kappa shape index (κ3) is 3.63. The third-order valence-corrected chi connectivity index (χ3v) is 3.30. The molecule has 1 heterocycles. The van der Waals surface area contributed by atoms with Gasteiger partial charge in [0.15, 0.2) is 17.3 Å². The zero-order chi connectivity index (χ0) is 17.0. The Kier molecular flexibility index (Phi) is 4.90. The highest BCUT2D eigenvalue weighted by Gasteiger charge is 2.18. The number of ether oxygens (including phenoxy) is 2. The fourth-order valence-electron chi connectivity index (χ4n) is 2.05. The standard InChI is InChI=1S/C16H17NO6/c1-9(10-4-5-11(21-2)14(8-10)22-3)17-15(18)12-6-7-13(23-12)16(19)20/h4-9H,1-3H3,(H,17,18)(H,19,20). The number of carbonyl (C=O) groups is 2. The van der Waals surface area contributed by atoms with Crippen molar-refractivity contribution in [2.45, 2.75) is 13.0 Å². The number of methoxy groups -OCH3 is 2. The molecule has 122 valence electrons. The predicted octanol–water partition coefficient (Wildman–Crippen LogP) is 2.49. The van der Waals surface area contributed by atoms with Crippen LogP contribution in [0.3, 0.4) is 0 Å². The first-order valence-corrected chi connectivity index (χ1v) is 6.82. The lowest BCUT2D eigenvalue weighted by Crippen LogP contribution is -2.26. The smallest absolute Gasteiger partial charge is 0.371 e. The van der Waals surface area contributed by atoms with E-state index >= 15 is 0 Å². The van der Waals surface area contributed by atoms with Gasteiger partial charge in [0.2, 0.25) is 5.76 Å². The van der Waals surface area contributed by atoms with E-state index in [1.54, 1.807) is 32.2 Å². The van der Waals surface area contributed by atoms with Gasteiger partial charge in [-0.05, 0) is 36.8 Å². The van der Waals surface area contributed by atoms with E-state index in [2.05, 4.69) is 5.32 Å². The van der Waals surface area contributed by atoms with E-state index in [4.69, 9.17) is 19.0 Å². The predicted molar refractivity (Wildman–Crippen MR) is 81.1 cm³/mol. The van der Waals surface area contributed by atoms with Crippen molar-refractivity contribution in [1.82, 2.24) is 5.32 Å². The molecule has 1 aromatic carbocycles. The van der Waals surface area contributed by atoms with Crippen molar-refractivity contribution in [3.8, 4) is 11.5 Å². The molecular weight excluding hydrogens is 302 g/mol. The van der Waals surface area contributed by atoms with Gasteiger partial charge in [-0.1, -0.05) is 6.07 Å². The molecule has 2 rings (SSSR count). The molecule has 1 aromatic heterocycles. The molecule has 0 spiro atoms. The largest absolute Gasteiger partial charge is 0.493 e. The van der Waals surface area contributed by atoms with E-state index in [0.29, 0.717) is 11.5 Å². The van der Waals surface area contributed by atoms with Crippen molar-refractivity contribution < 1.29 is 28.6 Å². The Labute approximate surface area is 132 Å². The number of carbonyl (C=O) groups excluding carboxylic acids is 1. The van der Waals surface area contributed by atoms with Crippen molar-refractivity contribution in [2.24, 2.45) is 0 Å². The maximum absolute atomic E-state index is 12.1. The van der Waals surface area contributed by atoms with Gasteiger partial charge in [-0.3, -0.25) is 4.79 Å². The summed E-state index contributed by atoms with van der Waals surface area (Å²) in [6.07, 6.45) is 0. The molecule has 0 saturated heterocycles. The van der Waals surface area contributed by atoms with Gasteiger partial charge in [0.25, 0.3) is 5.91 Å². The van der Waals surface area contributed by atoms with Crippen LogP contribution in [-0.2, 0) is 0 Å². The molecule has 0 radical (unpaired) electrons.